The predicted molar refractivity (Wildman–Crippen MR) is 55.3 cm³/mol. The second-order valence-corrected chi connectivity index (χ2v) is 3.95. The Morgan fingerprint density at radius 1 is 1.25 bits per heavy atom. The molecule has 0 heterocycles. The maximum absolute atomic E-state index is 11.7. The summed E-state index contributed by atoms with van der Waals surface area (Å²) in [5, 5.41) is 0. The number of rotatable bonds is 4. The molecule has 0 N–H and O–H groups in total. The van der Waals surface area contributed by atoms with E-state index in [2.05, 4.69) is 20.7 Å². The summed E-state index contributed by atoms with van der Waals surface area (Å²) in [5.41, 5.74) is 0.324. The monoisotopic (exact) mass is 296 g/mol. The lowest BCUT2D eigenvalue weighted by molar-refractivity contribution is -0.170. The molecule has 0 saturated carbocycles. The third-order valence-corrected chi connectivity index (χ3v) is 2.19. The molecule has 1 aromatic rings. The minimum Gasteiger partial charge on any atom is -0.364 e. The highest BCUT2D eigenvalue weighted by atomic mass is 79.9. The number of carbonyl (C=O) groups excluding carboxylic acids is 1. The lowest BCUT2D eigenvalue weighted by Crippen LogP contribution is -2.20. The zero-order valence-corrected chi connectivity index (χ0v) is 9.64. The Morgan fingerprint density at radius 3 is 2.31 bits per heavy atom. The molecule has 6 heteroatoms. The maximum atomic E-state index is 11.7. The van der Waals surface area contributed by atoms with Gasteiger partial charge in [0.15, 0.2) is 5.78 Å². The van der Waals surface area contributed by atoms with Gasteiger partial charge in [-0.05, 0) is 12.1 Å². The van der Waals surface area contributed by atoms with Gasteiger partial charge in [-0.1, -0.05) is 28.1 Å². The molecule has 16 heavy (non-hydrogen) atoms. The molecule has 0 spiro atoms. The average molecular weight is 297 g/mol. The minimum atomic E-state index is -4.40. The number of ether oxygens (including phenoxy) is 1. The smallest absolute Gasteiger partial charge is 0.364 e. The van der Waals surface area contributed by atoms with Gasteiger partial charge in [0.05, 0.1) is 0 Å². The number of ketones is 1. The van der Waals surface area contributed by atoms with Gasteiger partial charge >= 0.3 is 6.18 Å². The second kappa shape index (κ2) is 5.45. The third-order valence-electron chi connectivity index (χ3n) is 1.67. The molecule has 1 rings (SSSR count). The van der Waals surface area contributed by atoms with Crippen LogP contribution in [0, 0.1) is 0 Å². The molecule has 0 fully saturated rings. The fourth-order valence-corrected chi connectivity index (χ4v) is 1.24. The standard InChI is InChI=1S/C10H8BrF3O2/c11-8-3-1-7(2-4-8)9(15)5-16-6-10(12,13)14/h1-4H,5-6H2. The van der Waals surface area contributed by atoms with Gasteiger partial charge in [0.2, 0.25) is 0 Å². The van der Waals surface area contributed by atoms with Crippen LogP contribution in [0.1, 0.15) is 10.4 Å². The first-order valence-electron chi connectivity index (χ1n) is 4.32. The van der Waals surface area contributed by atoms with Crippen molar-refractivity contribution < 1.29 is 22.7 Å². The Kier molecular flexibility index (Phi) is 4.49. The number of benzene rings is 1. The van der Waals surface area contributed by atoms with Gasteiger partial charge < -0.3 is 4.74 Å². The van der Waals surface area contributed by atoms with Crippen LogP contribution in [0.5, 0.6) is 0 Å². The quantitative estimate of drug-likeness (QED) is 0.798. The normalized spacial score (nSPS) is 11.5. The van der Waals surface area contributed by atoms with E-state index in [0.29, 0.717) is 5.56 Å². The molecule has 0 atom stereocenters. The zero-order valence-electron chi connectivity index (χ0n) is 8.05. The fourth-order valence-electron chi connectivity index (χ4n) is 0.979. The van der Waals surface area contributed by atoms with Crippen LogP contribution in [0.15, 0.2) is 28.7 Å². The molecule has 0 saturated heterocycles. The Labute approximate surface area is 98.5 Å². The first-order chi connectivity index (χ1) is 7.38. The summed E-state index contributed by atoms with van der Waals surface area (Å²) < 4.78 is 40.2. The summed E-state index contributed by atoms with van der Waals surface area (Å²) >= 11 is 3.18. The largest absolute Gasteiger partial charge is 0.411 e. The second-order valence-electron chi connectivity index (χ2n) is 3.04. The Bertz CT molecular complexity index is 359. The van der Waals surface area contributed by atoms with Crippen LogP contribution in [0.25, 0.3) is 0 Å². The highest BCUT2D eigenvalue weighted by Crippen LogP contribution is 2.15. The maximum Gasteiger partial charge on any atom is 0.411 e. The molecule has 0 bridgehead atoms. The number of hydrogen-bond acceptors (Lipinski definition) is 2. The highest BCUT2D eigenvalue weighted by Gasteiger charge is 2.27. The summed E-state index contributed by atoms with van der Waals surface area (Å²) in [5.74, 6) is -0.475. The van der Waals surface area contributed by atoms with E-state index in [-0.39, 0.29) is 0 Å². The number of hydrogen-bond donors (Lipinski definition) is 0. The summed E-state index contributed by atoms with van der Waals surface area (Å²) in [7, 11) is 0. The molecule has 2 nitrogen and oxygen atoms in total. The van der Waals surface area contributed by atoms with Crippen molar-refractivity contribution >= 4 is 21.7 Å². The number of carbonyl (C=O) groups is 1. The van der Waals surface area contributed by atoms with Gasteiger partial charge in [-0.15, -0.1) is 0 Å². The van der Waals surface area contributed by atoms with Crippen molar-refractivity contribution in [2.24, 2.45) is 0 Å². The fraction of sp³-hybridized carbons (Fsp3) is 0.300. The van der Waals surface area contributed by atoms with E-state index in [4.69, 9.17) is 0 Å². The number of Topliss-reactive ketones (excluding diaryl/α,β-unsaturated/α-hetero) is 1. The van der Waals surface area contributed by atoms with Gasteiger partial charge in [-0.3, -0.25) is 4.79 Å². The van der Waals surface area contributed by atoms with Crippen LogP contribution in [-0.2, 0) is 4.74 Å². The SMILES string of the molecule is O=C(COCC(F)(F)F)c1ccc(Br)cc1. The molecule has 0 aromatic heterocycles. The Morgan fingerprint density at radius 2 is 1.81 bits per heavy atom. The van der Waals surface area contributed by atoms with E-state index >= 15 is 0 Å². The van der Waals surface area contributed by atoms with Crippen molar-refractivity contribution in [3.05, 3.63) is 34.3 Å². The van der Waals surface area contributed by atoms with E-state index in [0.717, 1.165) is 4.47 Å². The van der Waals surface area contributed by atoms with Crippen LogP contribution in [-0.4, -0.2) is 25.2 Å². The van der Waals surface area contributed by atoms with E-state index in [9.17, 15) is 18.0 Å². The first-order valence-corrected chi connectivity index (χ1v) is 5.11. The Balaban J connectivity index is 2.44. The molecular formula is C10H8BrF3O2. The number of alkyl halides is 3. The van der Waals surface area contributed by atoms with Crippen LogP contribution in [0.3, 0.4) is 0 Å². The van der Waals surface area contributed by atoms with Crippen LogP contribution < -0.4 is 0 Å². The van der Waals surface area contributed by atoms with Crippen molar-refractivity contribution in [3.63, 3.8) is 0 Å². The van der Waals surface area contributed by atoms with Gasteiger partial charge in [0.1, 0.15) is 13.2 Å². The van der Waals surface area contributed by atoms with Crippen molar-refractivity contribution in [1.82, 2.24) is 0 Å². The lowest BCUT2D eigenvalue weighted by Gasteiger charge is -2.06. The summed E-state index contributed by atoms with van der Waals surface area (Å²) in [6.07, 6.45) is -4.40. The molecule has 0 unspecified atom stereocenters. The van der Waals surface area contributed by atoms with Crippen LogP contribution in [0.4, 0.5) is 13.2 Å². The van der Waals surface area contributed by atoms with Crippen molar-refractivity contribution in [2.45, 2.75) is 6.18 Å². The van der Waals surface area contributed by atoms with Crippen LogP contribution >= 0.6 is 15.9 Å². The summed E-state index contributed by atoms with van der Waals surface area (Å²) in [6.45, 7) is -1.98. The molecule has 88 valence electrons. The molecule has 0 amide bonds. The lowest BCUT2D eigenvalue weighted by atomic mass is 10.1. The third kappa shape index (κ3) is 4.76. The topological polar surface area (TPSA) is 26.3 Å². The van der Waals surface area contributed by atoms with Crippen molar-refractivity contribution in [2.75, 3.05) is 13.2 Å². The van der Waals surface area contributed by atoms with Gasteiger partial charge in [0.25, 0.3) is 0 Å². The minimum absolute atomic E-state index is 0.324. The van der Waals surface area contributed by atoms with E-state index in [1.807, 2.05) is 0 Å². The number of halogens is 4. The molecule has 0 aliphatic rings. The van der Waals surface area contributed by atoms with E-state index in [1.54, 1.807) is 12.1 Å². The summed E-state index contributed by atoms with van der Waals surface area (Å²) in [6, 6.07) is 6.31. The molecule has 0 aliphatic carbocycles. The first kappa shape index (κ1) is 13.2. The van der Waals surface area contributed by atoms with Gasteiger partial charge in [0, 0.05) is 10.0 Å². The zero-order chi connectivity index (χ0) is 12.2. The van der Waals surface area contributed by atoms with Crippen LogP contribution in [0.2, 0.25) is 0 Å². The van der Waals surface area contributed by atoms with Crippen molar-refractivity contribution in [3.8, 4) is 0 Å². The molecular weight excluding hydrogens is 289 g/mol. The molecule has 0 aliphatic heterocycles. The van der Waals surface area contributed by atoms with Gasteiger partial charge in [-0.2, -0.15) is 13.2 Å². The van der Waals surface area contributed by atoms with E-state index < -0.39 is 25.2 Å². The molecule has 0 radical (unpaired) electrons. The highest BCUT2D eigenvalue weighted by molar-refractivity contribution is 9.10. The Hall–Kier alpha value is -0.880. The summed E-state index contributed by atoms with van der Waals surface area (Å²) in [4.78, 5) is 11.3. The van der Waals surface area contributed by atoms with Gasteiger partial charge in [-0.25, -0.2) is 0 Å². The van der Waals surface area contributed by atoms with Crippen molar-refractivity contribution in [1.29, 1.82) is 0 Å². The molecule has 1 aromatic carbocycles. The van der Waals surface area contributed by atoms with E-state index in [1.165, 1.54) is 12.1 Å². The predicted octanol–water partition coefficient (Wildman–Crippen LogP) is 3.21. The average Bonchev–Trinajstić information content (AvgIpc) is 2.16.